The molecule has 3 heterocycles. The van der Waals surface area contributed by atoms with E-state index in [-0.39, 0.29) is 11.9 Å². The van der Waals surface area contributed by atoms with Gasteiger partial charge in [0, 0.05) is 35.3 Å². The number of fused-ring (bicyclic) bond motifs is 1. The number of hydrogen-bond acceptors (Lipinski definition) is 8. The molecule has 0 saturated carbocycles. The van der Waals surface area contributed by atoms with E-state index in [4.69, 9.17) is 21.1 Å². The summed E-state index contributed by atoms with van der Waals surface area (Å²) >= 11 is 6.62. The third-order valence-corrected chi connectivity index (χ3v) is 8.06. The van der Waals surface area contributed by atoms with Gasteiger partial charge in [0.25, 0.3) is 0 Å². The van der Waals surface area contributed by atoms with Gasteiger partial charge in [-0.1, -0.05) is 35.9 Å². The number of pyridine rings is 1. The molecule has 1 atom stereocenters. The maximum Gasteiger partial charge on any atom is 0.248 e. The maximum absolute atomic E-state index is 13.2. The van der Waals surface area contributed by atoms with Gasteiger partial charge in [0.05, 0.1) is 28.7 Å². The van der Waals surface area contributed by atoms with Crippen molar-refractivity contribution in [2.45, 2.75) is 25.5 Å². The second-order valence-corrected chi connectivity index (χ2v) is 11.2. The number of anilines is 3. The van der Waals surface area contributed by atoms with Crippen molar-refractivity contribution >= 4 is 45.6 Å². The highest BCUT2D eigenvalue weighted by atomic mass is 35.5. The van der Waals surface area contributed by atoms with Gasteiger partial charge in [-0.3, -0.25) is 14.7 Å². The van der Waals surface area contributed by atoms with E-state index in [0.717, 1.165) is 41.6 Å². The second-order valence-electron chi connectivity index (χ2n) is 10.8. The van der Waals surface area contributed by atoms with Crippen molar-refractivity contribution in [2.75, 3.05) is 31.3 Å². The average molecular weight is 621 g/mol. The number of methoxy groups -OCH3 is 1. The lowest BCUT2D eigenvalue weighted by molar-refractivity contribution is -0.111. The van der Waals surface area contributed by atoms with Gasteiger partial charge in [-0.2, -0.15) is 0 Å². The summed E-state index contributed by atoms with van der Waals surface area (Å²) in [5.74, 6) is 1.57. The van der Waals surface area contributed by atoms with Crippen LogP contribution in [0.5, 0.6) is 11.5 Å². The van der Waals surface area contributed by atoms with Crippen LogP contribution < -0.4 is 20.1 Å². The summed E-state index contributed by atoms with van der Waals surface area (Å²) in [6, 6.07) is 22.8. The number of nitrogens with zero attached hydrogens (tertiary/aromatic N) is 4. The molecule has 1 amide bonds. The Morgan fingerprint density at radius 1 is 1.07 bits per heavy atom. The van der Waals surface area contributed by atoms with Crippen LogP contribution >= 0.6 is 11.6 Å². The minimum Gasteiger partial charge on any atom is -0.497 e. The zero-order valence-corrected chi connectivity index (χ0v) is 25.8. The fraction of sp³-hybridized carbons (Fsp3) is 0.200. The minimum atomic E-state index is -0.210. The fourth-order valence-corrected chi connectivity index (χ4v) is 5.68. The molecule has 6 rings (SSSR count). The summed E-state index contributed by atoms with van der Waals surface area (Å²) in [5.41, 5.74) is 4.43. The van der Waals surface area contributed by atoms with E-state index in [1.807, 2.05) is 66.7 Å². The topological polar surface area (TPSA) is 102 Å². The van der Waals surface area contributed by atoms with Gasteiger partial charge in [-0.05, 0) is 86.6 Å². The Labute approximate surface area is 266 Å². The fourth-order valence-electron chi connectivity index (χ4n) is 5.45. The van der Waals surface area contributed by atoms with Crippen molar-refractivity contribution in [3.05, 3.63) is 108 Å². The molecule has 45 heavy (non-hydrogen) atoms. The first-order chi connectivity index (χ1) is 22.0. The predicted octanol–water partition coefficient (Wildman–Crippen LogP) is 7.27. The lowest BCUT2D eigenvalue weighted by Gasteiger charge is -2.18. The molecule has 0 unspecified atom stereocenters. The molecule has 5 aromatic rings. The van der Waals surface area contributed by atoms with Crippen molar-refractivity contribution in [3.63, 3.8) is 0 Å². The van der Waals surface area contributed by atoms with Crippen LogP contribution in [0.15, 0.2) is 97.5 Å². The number of likely N-dealkylation sites (tertiary alicyclic amines) is 1. The van der Waals surface area contributed by atoms with Crippen LogP contribution in [0.25, 0.3) is 22.0 Å². The third kappa shape index (κ3) is 7.06. The Hall–Kier alpha value is -4.99. The van der Waals surface area contributed by atoms with Gasteiger partial charge in [0.15, 0.2) is 0 Å². The molecule has 9 nitrogen and oxygen atoms in total. The Balaban J connectivity index is 1.34. The first kappa shape index (κ1) is 30.1. The first-order valence-corrected chi connectivity index (χ1v) is 15.1. The smallest absolute Gasteiger partial charge is 0.248 e. The van der Waals surface area contributed by atoms with E-state index >= 15 is 0 Å². The summed E-state index contributed by atoms with van der Waals surface area (Å²) in [7, 11) is 3.70. The number of rotatable bonds is 10. The highest BCUT2D eigenvalue weighted by molar-refractivity contribution is 6.32. The van der Waals surface area contributed by atoms with Gasteiger partial charge in [-0.15, -0.1) is 0 Å². The normalized spacial score (nSPS) is 15.0. The molecule has 0 bridgehead atoms. The molecule has 3 aromatic carbocycles. The molecule has 228 valence electrons. The minimum absolute atomic E-state index is 0.210. The number of benzene rings is 3. The number of amides is 1. The molecule has 1 fully saturated rings. The summed E-state index contributed by atoms with van der Waals surface area (Å²) in [6.45, 7) is 1.33. The van der Waals surface area contributed by atoms with E-state index in [1.165, 1.54) is 6.33 Å². The van der Waals surface area contributed by atoms with Crippen LogP contribution in [0, 0.1) is 0 Å². The summed E-state index contributed by atoms with van der Waals surface area (Å²) in [5, 5.41) is 7.68. The van der Waals surface area contributed by atoms with Crippen LogP contribution in [-0.2, 0) is 11.4 Å². The molecular formula is C35H33ClN6O3. The molecule has 2 N–H and O–H groups in total. The number of nitrogens with one attached hydrogen (secondary N) is 2. The Morgan fingerprint density at radius 2 is 1.98 bits per heavy atom. The summed E-state index contributed by atoms with van der Waals surface area (Å²) in [6.07, 6.45) is 8.98. The van der Waals surface area contributed by atoms with E-state index in [2.05, 4.69) is 37.5 Å². The Bertz CT molecular complexity index is 1850. The molecule has 1 aliphatic heterocycles. The SMILES string of the molecule is COc1cccc(-c2c(NC(=O)/C=C/[C@H]3CCCN3C)ccc3ncnc(Nc4ccc(OCc5ccccn5)c(Cl)c4)c23)c1. The number of likely N-dealkylation sites (N-methyl/N-ethyl adjacent to an activating group) is 1. The van der Waals surface area contributed by atoms with Crippen molar-refractivity contribution in [2.24, 2.45) is 0 Å². The summed E-state index contributed by atoms with van der Waals surface area (Å²) < 4.78 is 11.4. The zero-order valence-electron chi connectivity index (χ0n) is 25.0. The molecule has 2 aromatic heterocycles. The highest BCUT2D eigenvalue weighted by Gasteiger charge is 2.20. The summed E-state index contributed by atoms with van der Waals surface area (Å²) in [4.78, 5) is 28.9. The highest BCUT2D eigenvalue weighted by Crippen LogP contribution is 2.40. The largest absolute Gasteiger partial charge is 0.497 e. The van der Waals surface area contributed by atoms with Gasteiger partial charge < -0.3 is 20.1 Å². The van der Waals surface area contributed by atoms with Crippen LogP contribution in [0.3, 0.4) is 0 Å². The number of ether oxygens (including phenoxy) is 2. The number of carbonyl (C=O) groups is 1. The van der Waals surface area contributed by atoms with Crippen LogP contribution in [0.1, 0.15) is 18.5 Å². The predicted molar refractivity (Wildman–Crippen MR) is 178 cm³/mol. The van der Waals surface area contributed by atoms with Crippen molar-refractivity contribution in [1.29, 1.82) is 0 Å². The molecule has 0 spiro atoms. The van der Waals surface area contributed by atoms with E-state index in [9.17, 15) is 4.79 Å². The number of carbonyl (C=O) groups excluding carboxylic acids is 1. The molecule has 0 aliphatic carbocycles. The Morgan fingerprint density at radius 3 is 2.76 bits per heavy atom. The number of hydrogen-bond donors (Lipinski definition) is 2. The van der Waals surface area contributed by atoms with Gasteiger partial charge in [-0.25, -0.2) is 9.97 Å². The Kier molecular flexibility index (Phi) is 9.19. The van der Waals surface area contributed by atoms with Gasteiger partial charge >= 0.3 is 0 Å². The second kappa shape index (κ2) is 13.8. The van der Waals surface area contributed by atoms with Crippen LogP contribution in [-0.4, -0.2) is 52.5 Å². The van der Waals surface area contributed by atoms with Gasteiger partial charge in [0.2, 0.25) is 5.91 Å². The van der Waals surface area contributed by atoms with Gasteiger partial charge in [0.1, 0.15) is 30.3 Å². The van der Waals surface area contributed by atoms with Crippen molar-refractivity contribution < 1.29 is 14.3 Å². The zero-order chi connectivity index (χ0) is 31.2. The molecule has 1 aliphatic rings. The third-order valence-electron chi connectivity index (χ3n) is 7.76. The van der Waals surface area contributed by atoms with Crippen LogP contribution in [0.4, 0.5) is 17.2 Å². The number of aromatic nitrogens is 3. The standard InChI is InChI=1S/C35H33ClN6O3/c1-42-18-6-9-26(42)12-16-32(43)41-30-14-13-29-34(33(30)23-7-5-10-27(19-23)44-2)35(39-22-38-29)40-24-11-15-31(28(36)20-24)45-21-25-8-3-4-17-37-25/h3-5,7-8,10-17,19-20,22,26H,6,9,18,21H2,1-2H3,(H,41,43)(H,38,39,40)/b16-12+/t26-/m1/s1. The number of halogens is 1. The molecule has 0 radical (unpaired) electrons. The molecule has 1 saturated heterocycles. The quantitative estimate of drug-likeness (QED) is 0.157. The lowest BCUT2D eigenvalue weighted by atomic mass is 9.98. The monoisotopic (exact) mass is 620 g/mol. The van der Waals surface area contributed by atoms with E-state index in [1.54, 1.807) is 31.5 Å². The molecule has 10 heteroatoms. The van der Waals surface area contributed by atoms with Crippen molar-refractivity contribution in [1.82, 2.24) is 19.9 Å². The van der Waals surface area contributed by atoms with E-state index in [0.29, 0.717) is 45.8 Å². The average Bonchev–Trinajstić information content (AvgIpc) is 3.48. The van der Waals surface area contributed by atoms with Crippen molar-refractivity contribution in [3.8, 4) is 22.6 Å². The lowest BCUT2D eigenvalue weighted by Crippen LogP contribution is -2.23. The van der Waals surface area contributed by atoms with E-state index < -0.39 is 0 Å². The maximum atomic E-state index is 13.2. The molecular weight excluding hydrogens is 588 g/mol. The first-order valence-electron chi connectivity index (χ1n) is 14.7. The van der Waals surface area contributed by atoms with Crippen LogP contribution in [0.2, 0.25) is 5.02 Å².